The van der Waals surface area contributed by atoms with Crippen molar-refractivity contribution in [1.82, 2.24) is 0 Å². The summed E-state index contributed by atoms with van der Waals surface area (Å²) in [6, 6.07) is 24.2. The van der Waals surface area contributed by atoms with Crippen LogP contribution in [0.3, 0.4) is 0 Å². The average Bonchev–Trinajstić information content (AvgIpc) is 3.01. The van der Waals surface area contributed by atoms with Gasteiger partial charge in [0, 0.05) is 18.2 Å². The number of carboxylic acids is 1. The van der Waals surface area contributed by atoms with Crippen molar-refractivity contribution >= 4 is 49.9 Å². The van der Waals surface area contributed by atoms with E-state index in [1.807, 2.05) is 0 Å². The molecule has 0 saturated carbocycles. The van der Waals surface area contributed by atoms with Crippen LogP contribution in [0.2, 0.25) is 0 Å². The van der Waals surface area contributed by atoms with Gasteiger partial charge in [0.15, 0.2) is 18.1 Å². The third kappa shape index (κ3) is 7.70. The lowest BCUT2D eigenvalue weighted by molar-refractivity contribution is -0.139. The molecular weight excluding hydrogens is 550 g/mol. The molecule has 1 amide bonds. The minimum atomic E-state index is -1.11. The topological polar surface area (TPSA) is 124 Å². The Morgan fingerprint density at radius 1 is 0.721 bits per heavy atom. The lowest BCUT2D eigenvalue weighted by Crippen LogP contribution is -2.14. The molecule has 0 aliphatic heterocycles. The van der Waals surface area contributed by atoms with E-state index in [9.17, 15) is 9.59 Å². The Hall–Kier alpha value is -4.44. The third-order valence-corrected chi connectivity index (χ3v) is 7.14. The number of aliphatic hydroxyl groups excluding tert-OH is 1. The Morgan fingerprint density at radius 3 is 2.19 bits per heavy atom. The maximum Gasteiger partial charge on any atom is 0.341 e. The molecule has 5 rings (SSSR count). The normalized spacial score (nSPS) is 11.4. The molecule has 0 bridgehead atoms. The van der Waals surface area contributed by atoms with Crippen LogP contribution < -0.4 is 14.8 Å². The number of benzene rings is 5. The molecule has 0 unspecified atom stereocenters. The first-order valence-electron chi connectivity index (χ1n) is 14.4. The summed E-state index contributed by atoms with van der Waals surface area (Å²) in [5, 5.41) is 28.1. The SMILES string of the molecule is O=C(O)COc1ccc(NC(=O)CCCc2ccc3ccc4cccc5ccc2c3c45)cc1OCCOCCOCCO. The van der Waals surface area contributed by atoms with E-state index in [1.165, 1.54) is 37.9 Å². The Bertz CT molecular complexity index is 1670. The number of carboxylic acid groups (broad SMARTS) is 1. The van der Waals surface area contributed by atoms with E-state index >= 15 is 0 Å². The second-order valence-corrected chi connectivity index (χ2v) is 10.1. The fourth-order valence-corrected chi connectivity index (χ4v) is 5.23. The number of aliphatic carboxylic acids is 1. The van der Waals surface area contributed by atoms with Crippen molar-refractivity contribution in [3.63, 3.8) is 0 Å². The zero-order valence-electron chi connectivity index (χ0n) is 23.8. The molecule has 0 atom stereocenters. The largest absolute Gasteiger partial charge is 0.487 e. The van der Waals surface area contributed by atoms with Crippen molar-refractivity contribution in [3.8, 4) is 11.5 Å². The van der Waals surface area contributed by atoms with Crippen molar-refractivity contribution in [2.75, 3.05) is 51.6 Å². The van der Waals surface area contributed by atoms with Crippen molar-refractivity contribution in [1.29, 1.82) is 0 Å². The predicted molar refractivity (Wildman–Crippen MR) is 166 cm³/mol. The van der Waals surface area contributed by atoms with E-state index in [-0.39, 0.29) is 38.1 Å². The molecule has 0 aliphatic rings. The summed E-state index contributed by atoms with van der Waals surface area (Å²) in [5.74, 6) is -0.693. The fourth-order valence-electron chi connectivity index (χ4n) is 5.23. The van der Waals surface area contributed by atoms with Crippen LogP contribution in [0.1, 0.15) is 18.4 Å². The molecule has 0 heterocycles. The highest BCUT2D eigenvalue weighted by Gasteiger charge is 2.13. The van der Waals surface area contributed by atoms with Crippen molar-refractivity contribution in [2.45, 2.75) is 19.3 Å². The molecule has 0 radical (unpaired) electrons. The van der Waals surface area contributed by atoms with Crippen LogP contribution in [0, 0.1) is 0 Å². The summed E-state index contributed by atoms with van der Waals surface area (Å²) >= 11 is 0. The third-order valence-electron chi connectivity index (χ3n) is 7.14. The smallest absolute Gasteiger partial charge is 0.341 e. The predicted octanol–water partition coefficient (Wildman–Crippen LogP) is 5.41. The Balaban J connectivity index is 1.18. The summed E-state index contributed by atoms with van der Waals surface area (Å²) in [5.41, 5.74) is 1.74. The van der Waals surface area contributed by atoms with Crippen LogP contribution >= 0.6 is 0 Å². The number of carbonyl (C=O) groups is 2. The standard InChI is InChI=1S/C34H35NO8/c36-15-16-40-17-18-41-19-20-42-30-21-27(12-14-29(30)43-22-32(38)39)35-31(37)6-2-3-23-7-8-26-10-9-24-4-1-5-25-11-13-28(23)34(26)33(24)25/h1,4-5,7-14,21,36H,2-3,6,15-20,22H2,(H,35,37)(H,38,39). The molecular formula is C34H35NO8. The summed E-state index contributed by atoms with van der Waals surface area (Å²) in [7, 11) is 0. The van der Waals surface area contributed by atoms with Gasteiger partial charge < -0.3 is 34.5 Å². The molecule has 9 nitrogen and oxygen atoms in total. The van der Waals surface area contributed by atoms with E-state index in [0.717, 1.165) is 6.42 Å². The van der Waals surface area contributed by atoms with Gasteiger partial charge in [-0.1, -0.05) is 54.6 Å². The van der Waals surface area contributed by atoms with Crippen LogP contribution in [0.15, 0.2) is 72.8 Å². The van der Waals surface area contributed by atoms with Gasteiger partial charge in [-0.3, -0.25) is 4.79 Å². The second kappa shape index (κ2) is 14.6. The molecule has 0 saturated heterocycles. The zero-order valence-corrected chi connectivity index (χ0v) is 23.8. The van der Waals surface area contributed by atoms with Crippen molar-refractivity contribution in [3.05, 3.63) is 78.4 Å². The van der Waals surface area contributed by atoms with E-state index < -0.39 is 12.6 Å². The fraction of sp³-hybridized carbons (Fsp3) is 0.294. The number of hydrogen-bond donors (Lipinski definition) is 3. The van der Waals surface area contributed by atoms with Crippen molar-refractivity contribution in [2.24, 2.45) is 0 Å². The summed E-state index contributed by atoms with van der Waals surface area (Å²) in [6.07, 6.45) is 1.78. The summed E-state index contributed by atoms with van der Waals surface area (Å²) in [6.45, 7) is 0.825. The molecule has 9 heteroatoms. The number of ether oxygens (including phenoxy) is 4. The van der Waals surface area contributed by atoms with Crippen LogP contribution in [-0.4, -0.2) is 68.3 Å². The van der Waals surface area contributed by atoms with Gasteiger partial charge in [0.05, 0.1) is 33.0 Å². The van der Waals surface area contributed by atoms with Gasteiger partial charge >= 0.3 is 5.97 Å². The van der Waals surface area contributed by atoms with E-state index in [4.69, 9.17) is 29.2 Å². The Labute approximate surface area is 249 Å². The minimum absolute atomic E-state index is 0.0452. The van der Waals surface area contributed by atoms with Gasteiger partial charge in [0.1, 0.15) is 6.61 Å². The number of aliphatic hydroxyl groups is 1. The number of rotatable bonds is 17. The maximum atomic E-state index is 12.9. The zero-order chi connectivity index (χ0) is 30.0. The molecule has 224 valence electrons. The lowest BCUT2D eigenvalue weighted by atomic mass is 9.90. The van der Waals surface area contributed by atoms with Gasteiger partial charge in [0.2, 0.25) is 5.91 Å². The number of hydrogen-bond acceptors (Lipinski definition) is 7. The van der Waals surface area contributed by atoms with E-state index in [2.05, 4.69) is 59.9 Å². The van der Waals surface area contributed by atoms with Crippen LogP contribution in [0.25, 0.3) is 32.3 Å². The first-order valence-corrected chi connectivity index (χ1v) is 14.4. The number of anilines is 1. The highest BCUT2D eigenvalue weighted by atomic mass is 16.6. The Kier molecular flexibility index (Phi) is 10.2. The molecule has 43 heavy (non-hydrogen) atoms. The molecule has 5 aromatic rings. The molecule has 0 aromatic heterocycles. The van der Waals surface area contributed by atoms with Gasteiger partial charge in [0.25, 0.3) is 0 Å². The molecule has 0 aliphatic carbocycles. The van der Waals surface area contributed by atoms with Gasteiger partial charge in [-0.2, -0.15) is 0 Å². The molecule has 3 N–H and O–H groups in total. The van der Waals surface area contributed by atoms with Gasteiger partial charge in [-0.15, -0.1) is 0 Å². The molecule has 5 aromatic carbocycles. The van der Waals surface area contributed by atoms with Gasteiger partial charge in [-0.05, 0) is 62.9 Å². The van der Waals surface area contributed by atoms with Crippen LogP contribution in [-0.2, 0) is 25.5 Å². The monoisotopic (exact) mass is 585 g/mol. The number of amides is 1. The minimum Gasteiger partial charge on any atom is -0.487 e. The maximum absolute atomic E-state index is 12.9. The van der Waals surface area contributed by atoms with Crippen LogP contribution in [0.4, 0.5) is 5.69 Å². The summed E-state index contributed by atoms with van der Waals surface area (Å²) in [4.78, 5) is 23.8. The number of nitrogens with one attached hydrogen (secondary N) is 1. The highest BCUT2D eigenvalue weighted by Crippen LogP contribution is 2.36. The van der Waals surface area contributed by atoms with Crippen LogP contribution in [0.5, 0.6) is 11.5 Å². The van der Waals surface area contributed by atoms with E-state index in [1.54, 1.807) is 18.2 Å². The highest BCUT2D eigenvalue weighted by molar-refractivity contribution is 6.23. The Morgan fingerprint density at radius 2 is 1.42 bits per heavy atom. The first kappa shape index (κ1) is 30.0. The molecule has 0 fully saturated rings. The molecule has 0 spiro atoms. The quantitative estimate of drug-likeness (QED) is 0.0978. The lowest BCUT2D eigenvalue weighted by Gasteiger charge is -2.15. The average molecular weight is 586 g/mol. The summed E-state index contributed by atoms with van der Waals surface area (Å²) < 4.78 is 21.7. The van der Waals surface area contributed by atoms with Gasteiger partial charge in [-0.25, -0.2) is 4.79 Å². The number of aryl methyl sites for hydroxylation is 1. The first-order chi connectivity index (χ1) is 21.0. The second-order valence-electron chi connectivity index (χ2n) is 10.1. The number of carbonyl (C=O) groups excluding carboxylic acids is 1. The van der Waals surface area contributed by atoms with Crippen molar-refractivity contribution < 1.29 is 38.7 Å². The van der Waals surface area contributed by atoms with E-state index in [0.29, 0.717) is 37.5 Å².